The molecule has 0 bridgehead atoms. The van der Waals surface area contributed by atoms with Crippen LogP contribution in [0.3, 0.4) is 0 Å². The fourth-order valence-corrected chi connectivity index (χ4v) is 12.1. The summed E-state index contributed by atoms with van der Waals surface area (Å²) < 4.78 is 18.4. The minimum atomic E-state index is -2.03. The van der Waals surface area contributed by atoms with Crippen LogP contribution in [0.5, 0.6) is 0 Å². The van der Waals surface area contributed by atoms with E-state index in [1.807, 2.05) is 86.8 Å². The van der Waals surface area contributed by atoms with Crippen LogP contribution in [0.15, 0.2) is 199 Å². The predicted octanol–water partition coefficient (Wildman–Crippen LogP) is 15.5. The maximum absolute atomic E-state index is 9.19. The van der Waals surface area contributed by atoms with E-state index in [4.69, 9.17) is 10.8 Å². The summed E-state index contributed by atoms with van der Waals surface area (Å²) in [5.41, 5.74) is 15.7. The number of para-hydroxylation sites is 2. The third-order valence-electron chi connectivity index (χ3n) is 12.2. The van der Waals surface area contributed by atoms with E-state index in [-0.39, 0.29) is 20.1 Å². The SMILES string of the molecule is N#Cc1ccc(-c2ccc3c(c2)oc2c[c-]c(-c4nc5ccccc5n4-c4ccc(-c5ccccc5)cc4-c4ccccc4)cc23)cc1.[2H]C(C)(C)c1cc(-c2[c-]cccc2)nc[c]1[Ge]([CH3])([CH3])[CH3].[Ir]. The average Bonchev–Trinajstić information content (AvgIpc) is 3.94. The second kappa shape index (κ2) is 19.6. The van der Waals surface area contributed by atoms with Crippen molar-refractivity contribution in [2.45, 2.75) is 37.0 Å². The first-order chi connectivity index (χ1) is 32.9. The van der Waals surface area contributed by atoms with Crippen molar-refractivity contribution in [2.75, 3.05) is 0 Å². The van der Waals surface area contributed by atoms with E-state index in [0.29, 0.717) is 5.56 Å². The molecule has 0 atom stereocenters. The summed E-state index contributed by atoms with van der Waals surface area (Å²) in [5, 5.41) is 11.2. The Morgan fingerprint density at radius 1 is 0.647 bits per heavy atom. The summed E-state index contributed by atoms with van der Waals surface area (Å²) >= 11 is -2.03. The van der Waals surface area contributed by atoms with Crippen molar-refractivity contribution in [2.24, 2.45) is 0 Å². The maximum Gasteiger partial charge on any atom is 0 e. The zero-order valence-electron chi connectivity index (χ0n) is 39.5. The minimum absolute atomic E-state index is 0. The molecule has 8 aromatic carbocycles. The number of furan rings is 1. The predicted molar refractivity (Wildman–Crippen MR) is 279 cm³/mol. The third kappa shape index (κ3) is 9.26. The van der Waals surface area contributed by atoms with Crippen molar-refractivity contribution >= 4 is 50.6 Å². The van der Waals surface area contributed by atoms with Gasteiger partial charge in [-0.3, -0.25) is 4.98 Å². The molecule has 1 radical (unpaired) electrons. The van der Waals surface area contributed by atoms with Crippen LogP contribution in [0.2, 0.25) is 17.3 Å². The second-order valence-corrected chi connectivity index (χ2v) is 28.6. The van der Waals surface area contributed by atoms with E-state index in [9.17, 15) is 5.26 Å². The summed E-state index contributed by atoms with van der Waals surface area (Å²) in [6.07, 6.45) is 2.00. The van der Waals surface area contributed by atoms with Crippen LogP contribution in [0.25, 0.3) is 94.7 Å². The molecule has 0 amide bonds. The number of imidazole rings is 1. The number of hydrogen-bond donors (Lipinski definition) is 0. The first-order valence-electron chi connectivity index (χ1n) is 23.0. The molecule has 0 fully saturated rings. The van der Waals surface area contributed by atoms with Gasteiger partial charge in [0.15, 0.2) is 0 Å². The molecular weight excluding hydrogens is 1070 g/mol. The normalized spacial score (nSPS) is 11.7. The van der Waals surface area contributed by atoms with Crippen molar-refractivity contribution in [3.8, 4) is 67.8 Å². The Morgan fingerprint density at radius 2 is 1.31 bits per heavy atom. The molecule has 0 saturated heterocycles. The molecule has 11 aromatic rings. The van der Waals surface area contributed by atoms with Crippen molar-refractivity contribution < 1.29 is 25.9 Å². The zero-order chi connectivity index (χ0) is 47.0. The van der Waals surface area contributed by atoms with Crippen LogP contribution >= 0.6 is 0 Å². The van der Waals surface area contributed by atoms with Crippen molar-refractivity contribution in [1.82, 2.24) is 14.5 Å². The van der Waals surface area contributed by atoms with E-state index in [0.717, 1.165) is 94.7 Å². The van der Waals surface area contributed by atoms with Crippen LogP contribution in [-0.4, -0.2) is 27.8 Å². The molecule has 11 rings (SSSR count). The number of rotatable bonds is 8. The van der Waals surface area contributed by atoms with Crippen molar-refractivity contribution in [1.29, 1.82) is 5.26 Å². The summed E-state index contributed by atoms with van der Waals surface area (Å²) in [6.45, 7) is 3.91. The zero-order valence-corrected chi connectivity index (χ0v) is 43.0. The first-order valence-corrected chi connectivity index (χ1v) is 29.9. The Bertz CT molecular complexity index is 3640. The van der Waals surface area contributed by atoms with Gasteiger partial charge in [-0.2, -0.15) is 5.26 Å². The van der Waals surface area contributed by atoms with Crippen LogP contribution in [-0.2, 0) is 20.1 Å². The van der Waals surface area contributed by atoms with Crippen LogP contribution < -0.4 is 4.40 Å². The first kappa shape index (κ1) is 44.7. The fourth-order valence-electron chi connectivity index (χ4n) is 8.77. The molecule has 3 heterocycles. The van der Waals surface area contributed by atoms with Gasteiger partial charge in [0.2, 0.25) is 0 Å². The Kier molecular flexibility index (Phi) is 12.9. The summed E-state index contributed by atoms with van der Waals surface area (Å²) in [4.78, 5) is 9.81. The molecular formula is C61H48GeIrN4O-2. The minimum Gasteiger partial charge on any atom is 0 e. The van der Waals surface area contributed by atoms with E-state index in [1.165, 1.54) is 9.96 Å². The van der Waals surface area contributed by atoms with Gasteiger partial charge in [-0.1, -0.05) is 109 Å². The summed E-state index contributed by atoms with van der Waals surface area (Å²) in [6, 6.07) is 72.8. The van der Waals surface area contributed by atoms with Gasteiger partial charge in [0.25, 0.3) is 0 Å². The third-order valence-corrected chi connectivity index (χ3v) is 16.4. The smallest absolute Gasteiger partial charge is 0 e. The van der Waals surface area contributed by atoms with Crippen molar-refractivity contribution in [3.63, 3.8) is 0 Å². The number of aromatic nitrogens is 3. The molecule has 0 N–H and O–H groups in total. The molecule has 0 aliphatic heterocycles. The Hall–Kier alpha value is -7.14. The molecule has 68 heavy (non-hydrogen) atoms. The fraction of sp³-hybridized carbons (Fsp3) is 0.0984. The molecule has 0 unspecified atom stereocenters. The number of fused-ring (bicyclic) bond motifs is 4. The van der Waals surface area contributed by atoms with Crippen LogP contribution in [0, 0.1) is 23.5 Å². The van der Waals surface area contributed by atoms with Gasteiger partial charge in [0, 0.05) is 36.7 Å². The van der Waals surface area contributed by atoms with Gasteiger partial charge in [0.05, 0.1) is 34.1 Å². The molecule has 0 spiro atoms. The van der Waals surface area contributed by atoms with Gasteiger partial charge in [-0.15, -0.1) is 23.8 Å². The Morgan fingerprint density at radius 3 is 2.01 bits per heavy atom. The largest absolute Gasteiger partial charge is 0 e. The number of nitriles is 1. The van der Waals surface area contributed by atoms with Gasteiger partial charge in [-0.05, 0) is 70.3 Å². The van der Waals surface area contributed by atoms with E-state index in [1.54, 1.807) is 0 Å². The Labute approximate surface area is 415 Å². The van der Waals surface area contributed by atoms with Crippen molar-refractivity contribution in [3.05, 3.63) is 218 Å². The van der Waals surface area contributed by atoms with Gasteiger partial charge >= 0.3 is 120 Å². The Balaban J connectivity index is 0.000000238. The topological polar surface area (TPSA) is 67.6 Å². The van der Waals surface area contributed by atoms with E-state index >= 15 is 0 Å². The van der Waals surface area contributed by atoms with Crippen LogP contribution in [0.1, 0.15) is 32.2 Å². The van der Waals surface area contributed by atoms with Gasteiger partial charge in [0.1, 0.15) is 5.58 Å². The van der Waals surface area contributed by atoms with E-state index < -0.39 is 19.2 Å². The van der Waals surface area contributed by atoms with Gasteiger partial charge in [-0.25, -0.2) is 0 Å². The second-order valence-electron chi connectivity index (χ2n) is 18.0. The number of pyridine rings is 1. The average molecular weight is 1120 g/mol. The molecule has 7 heteroatoms. The summed E-state index contributed by atoms with van der Waals surface area (Å²) in [7, 11) is 0. The van der Waals surface area contributed by atoms with Gasteiger partial charge < -0.3 is 8.98 Å². The van der Waals surface area contributed by atoms with E-state index in [2.05, 4.69) is 166 Å². The molecule has 5 nitrogen and oxygen atoms in total. The monoisotopic (exact) mass is 1120 g/mol. The van der Waals surface area contributed by atoms with Crippen LogP contribution in [0.4, 0.5) is 0 Å². The quantitative estimate of drug-likeness (QED) is 0.112. The summed E-state index contributed by atoms with van der Waals surface area (Å²) in [5.74, 6) is 7.26. The number of benzene rings is 8. The standard InChI is InChI=1S/C44H26N3O.C17H22GeN.Ir/c45-28-29-15-17-31(18-16-29)34-19-22-36-38-26-35(21-24-42(38)48-43(36)27-34)44-46-39-13-7-8-14-41(39)47(44)40-23-20-33(30-9-3-1-4-10-30)25-37(40)32-11-5-2-6-12-32;1-13(2)15-11-17(14-9-7-6-8-10-14)19-12-16(15)18(3,4)5;/h1-20,22-27H;6-9,11-13H,1-5H3;/q2*-1;/i;13D;. The molecule has 333 valence electrons. The number of nitrogens with zero attached hydrogens (tertiary/aromatic N) is 4. The molecule has 0 aliphatic carbocycles. The maximum atomic E-state index is 9.19. The molecule has 3 aromatic heterocycles. The number of hydrogen-bond acceptors (Lipinski definition) is 4. The molecule has 0 aliphatic rings. The molecule has 0 saturated carbocycles.